The van der Waals surface area contributed by atoms with Crippen molar-refractivity contribution in [1.82, 2.24) is 15.5 Å². The number of morpholine rings is 1. The van der Waals surface area contributed by atoms with Crippen molar-refractivity contribution in [1.29, 1.82) is 0 Å². The van der Waals surface area contributed by atoms with Crippen LogP contribution in [0.5, 0.6) is 0 Å². The summed E-state index contributed by atoms with van der Waals surface area (Å²) < 4.78 is 5.53. The summed E-state index contributed by atoms with van der Waals surface area (Å²) in [6.45, 7) is 13.9. The van der Waals surface area contributed by atoms with Gasteiger partial charge in [0.05, 0.1) is 25.8 Å². The first kappa shape index (κ1) is 19.7. The number of hydrogen-bond donors (Lipinski definition) is 2. The van der Waals surface area contributed by atoms with Crippen LogP contribution in [0.2, 0.25) is 0 Å². The van der Waals surface area contributed by atoms with E-state index >= 15 is 0 Å². The molecule has 0 aromatic heterocycles. The first-order valence-electron chi connectivity index (χ1n) is 9.53. The van der Waals surface area contributed by atoms with E-state index in [1.807, 2.05) is 0 Å². The highest BCUT2D eigenvalue weighted by molar-refractivity contribution is 5.80. The molecule has 1 fully saturated rings. The number of nitrogens with zero attached hydrogens (tertiary/aromatic N) is 2. The first-order valence-corrected chi connectivity index (χ1v) is 9.53. The molecule has 0 spiro atoms. The molecule has 0 amide bonds. The highest BCUT2D eigenvalue weighted by Gasteiger charge is 2.22. The fraction of sp³-hybridized carbons (Fsp3) is 0.650. The zero-order valence-corrected chi connectivity index (χ0v) is 16.2. The summed E-state index contributed by atoms with van der Waals surface area (Å²) in [4.78, 5) is 7.38. The Hall–Kier alpha value is -1.59. The largest absolute Gasteiger partial charge is 0.379 e. The summed E-state index contributed by atoms with van der Waals surface area (Å²) in [6, 6.07) is 11.4. The fourth-order valence-electron chi connectivity index (χ4n) is 2.88. The van der Waals surface area contributed by atoms with Crippen LogP contribution in [-0.2, 0) is 4.74 Å². The predicted octanol–water partition coefficient (Wildman–Crippen LogP) is 2.66. The maximum atomic E-state index is 5.53. The van der Waals surface area contributed by atoms with Gasteiger partial charge in [0.25, 0.3) is 0 Å². The lowest BCUT2D eigenvalue weighted by molar-refractivity contribution is 0.0179. The van der Waals surface area contributed by atoms with Gasteiger partial charge in [-0.25, -0.2) is 0 Å². The summed E-state index contributed by atoms with van der Waals surface area (Å²) in [5.41, 5.74) is 1.32. The number of guanidine groups is 1. The van der Waals surface area contributed by atoms with Crippen LogP contribution < -0.4 is 10.6 Å². The van der Waals surface area contributed by atoms with E-state index in [-0.39, 0.29) is 6.04 Å². The highest BCUT2D eigenvalue weighted by Crippen LogP contribution is 2.22. The molecule has 1 aromatic rings. The molecule has 140 valence electrons. The molecule has 5 nitrogen and oxygen atoms in total. The number of ether oxygens (including phenoxy) is 1. The standard InChI is InChI=1S/C20H34N4O/c1-5-21-20(23-17(4)16(2)3)22-15-19(18-9-7-6-8-10-18)24-11-13-25-14-12-24/h6-10,16-17,19H,5,11-15H2,1-4H3,(H2,21,22,23). The van der Waals surface area contributed by atoms with Crippen molar-refractivity contribution in [2.24, 2.45) is 10.9 Å². The van der Waals surface area contributed by atoms with Crippen LogP contribution in [-0.4, -0.2) is 56.3 Å². The Kier molecular flexibility index (Phi) is 8.22. The molecule has 1 saturated heterocycles. The van der Waals surface area contributed by atoms with Gasteiger partial charge in [0.1, 0.15) is 0 Å². The van der Waals surface area contributed by atoms with Gasteiger partial charge in [0.15, 0.2) is 5.96 Å². The number of benzene rings is 1. The minimum Gasteiger partial charge on any atom is -0.379 e. The molecule has 0 aliphatic carbocycles. The van der Waals surface area contributed by atoms with Gasteiger partial charge in [-0.15, -0.1) is 0 Å². The van der Waals surface area contributed by atoms with Crippen LogP contribution in [0.1, 0.15) is 39.3 Å². The Bertz CT molecular complexity index is 512. The molecular weight excluding hydrogens is 312 g/mol. The highest BCUT2D eigenvalue weighted by atomic mass is 16.5. The maximum Gasteiger partial charge on any atom is 0.191 e. The van der Waals surface area contributed by atoms with Gasteiger partial charge in [0, 0.05) is 25.7 Å². The molecule has 1 aliphatic rings. The van der Waals surface area contributed by atoms with E-state index < -0.39 is 0 Å². The Morgan fingerprint density at radius 3 is 2.44 bits per heavy atom. The zero-order chi connectivity index (χ0) is 18.1. The molecule has 2 unspecified atom stereocenters. The first-order chi connectivity index (χ1) is 12.1. The van der Waals surface area contributed by atoms with Gasteiger partial charge in [0.2, 0.25) is 0 Å². The second-order valence-electron chi connectivity index (χ2n) is 6.97. The Morgan fingerprint density at radius 2 is 1.84 bits per heavy atom. The summed E-state index contributed by atoms with van der Waals surface area (Å²) in [5.74, 6) is 1.46. The Labute approximate surface area is 152 Å². The van der Waals surface area contributed by atoms with E-state index in [1.165, 1.54) is 5.56 Å². The molecule has 25 heavy (non-hydrogen) atoms. The lowest BCUT2D eigenvalue weighted by atomic mass is 10.0. The zero-order valence-electron chi connectivity index (χ0n) is 16.2. The van der Waals surface area contributed by atoms with Crippen molar-refractivity contribution in [3.8, 4) is 0 Å². The lowest BCUT2D eigenvalue weighted by Gasteiger charge is -2.34. The third-order valence-corrected chi connectivity index (χ3v) is 4.80. The Morgan fingerprint density at radius 1 is 1.16 bits per heavy atom. The van der Waals surface area contributed by atoms with Crippen LogP contribution in [0.3, 0.4) is 0 Å². The molecule has 2 N–H and O–H groups in total. The van der Waals surface area contributed by atoms with Gasteiger partial charge in [-0.05, 0) is 25.3 Å². The lowest BCUT2D eigenvalue weighted by Crippen LogP contribution is -2.45. The predicted molar refractivity (Wildman–Crippen MR) is 105 cm³/mol. The van der Waals surface area contributed by atoms with E-state index in [2.05, 4.69) is 73.6 Å². The van der Waals surface area contributed by atoms with Crippen LogP contribution in [0.15, 0.2) is 35.3 Å². The van der Waals surface area contributed by atoms with Crippen molar-refractivity contribution in [3.63, 3.8) is 0 Å². The van der Waals surface area contributed by atoms with E-state index in [0.29, 0.717) is 12.0 Å². The van der Waals surface area contributed by atoms with Gasteiger partial charge >= 0.3 is 0 Å². The van der Waals surface area contributed by atoms with Crippen molar-refractivity contribution in [3.05, 3.63) is 35.9 Å². The molecule has 5 heteroatoms. The fourth-order valence-corrected chi connectivity index (χ4v) is 2.88. The topological polar surface area (TPSA) is 48.9 Å². The van der Waals surface area contributed by atoms with Gasteiger partial charge in [-0.3, -0.25) is 9.89 Å². The average Bonchev–Trinajstić information content (AvgIpc) is 2.63. The molecule has 0 saturated carbocycles. The second kappa shape index (κ2) is 10.4. The van der Waals surface area contributed by atoms with Crippen LogP contribution in [0.4, 0.5) is 0 Å². The molecule has 0 radical (unpaired) electrons. The average molecular weight is 347 g/mol. The van der Waals surface area contributed by atoms with Crippen molar-refractivity contribution in [2.45, 2.75) is 39.8 Å². The van der Waals surface area contributed by atoms with Crippen LogP contribution >= 0.6 is 0 Å². The van der Waals surface area contributed by atoms with Crippen molar-refractivity contribution < 1.29 is 4.74 Å². The number of aliphatic imine (C=N–C) groups is 1. The third kappa shape index (κ3) is 6.33. The molecule has 2 rings (SSSR count). The second-order valence-corrected chi connectivity index (χ2v) is 6.97. The number of nitrogens with one attached hydrogen (secondary N) is 2. The molecular formula is C20H34N4O. The minimum atomic E-state index is 0.287. The van der Waals surface area contributed by atoms with E-state index in [0.717, 1.165) is 45.4 Å². The van der Waals surface area contributed by atoms with Crippen molar-refractivity contribution in [2.75, 3.05) is 39.4 Å². The smallest absolute Gasteiger partial charge is 0.191 e. The molecule has 0 bridgehead atoms. The quantitative estimate of drug-likeness (QED) is 0.589. The molecule has 1 aliphatic heterocycles. The van der Waals surface area contributed by atoms with E-state index in [9.17, 15) is 0 Å². The minimum absolute atomic E-state index is 0.287. The van der Waals surface area contributed by atoms with Gasteiger partial charge < -0.3 is 15.4 Å². The third-order valence-electron chi connectivity index (χ3n) is 4.80. The Balaban J connectivity index is 2.12. The van der Waals surface area contributed by atoms with Gasteiger partial charge in [-0.2, -0.15) is 0 Å². The van der Waals surface area contributed by atoms with E-state index in [4.69, 9.17) is 9.73 Å². The van der Waals surface area contributed by atoms with Crippen molar-refractivity contribution >= 4 is 5.96 Å². The normalized spacial score (nSPS) is 18.8. The van der Waals surface area contributed by atoms with Crippen LogP contribution in [0, 0.1) is 5.92 Å². The summed E-state index contributed by atoms with van der Waals surface area (Å²) in [7, 11) is 0. The number of rotatable bonds is 7. The molecule has 1 aromatic carbocycles. The number of hydrogen-bond acceptors (Lipinski definition) is 3. The SMILES string of the molecule is CCNC(=NCC(c1ccccc1)N1CCOCC1)NC(C)C(C)C. The summed E-state index contributed by atoms with van der Waals surface area (Å²) >= 11 is 0. The molecule has 2 atom stereocenters. The van der Waals surface area contributed by atoms with Gasteiger partial charge in [-0.1, -0.05) is 44.2 Å². The molecule has 1 heterocycles. The monoisotopic (exact) mass is 346 g/mol. The summed E-state index contributed by atoms with van der Waals surface area (Å²) in [5, 5.41) is 6.90. The maximum absolute atomic E-state index is 5.53. The summed E-state index contributed by atoms with van der Waals surface area (Å²) in [6.07, 6.45) is 0. The van der Waals surface area contributed by atoms with E-state index in [1.54, 1.807) is 0 Å². The van der Waals surface area contributed by atoms with Crippen LogP contribution in [0.25, 0.3) is 0 Å².